The van der Waals surface area contributed by atoms with Gasteiger partial charge in [-0.05, 0) is 60.7 Å². The summed E-state index contributed by atoms with van der Waals surface area (Å²) in [4.78, 5) is 0. The quantitative estimate of drug-likeness (QED) is 0.308. The molecular formula is C30H20N2O. The monoisotopic (exact) mass is 424 g/mol. The number of aromatic nitrogens is 1. The Balaban J connectivity index is 1.37. The van der Waals surface area contributed by atoms with E-state index in [0.717, 1.165) is 33.3 Å². The summed E-state index contributed by atoms with van der Waals surface area (Å²) in [5.74, 6) is 0. The molecule has 0 saturated carbocycles. The Morgan fingerprint density at radius 1 is 0.485 bits per heavy atom. The summed E-state index contributed by atoms with van der Waals surface area (Å²) in [5.41, 5.74) is 7.50. The molecule has 5 aromatic carbocycles. The van der Waals surface area contributed by atoms with Gasteiger partial charge in [0.25, 0.3) is 0 Å². The van der Waals surface area contributed by atoms with E-state index in [-0.39, 0.29) is 0 Å². The summed E-state index contributed by atoms with van der Waals surface area (Å²) >= 11 is 0. The normalized spacial score (nSPS) is 11.6. The first-order chi connectivity index (χ1) is 16.3. The highest BCUT2D eigenvalue weighted by Gasteiger charge is 2.13. The molecule has 156 valence electrons. The van der Waals surface area contributed by atoms with Crippen LogP contribution in [0, 0.1) is 0 Å². The van der Waals surface area contributed by atoms with E-state index in [1.54, 1.807) is 0 Å². The number of para-hydroxylation sites is 3. The molecule has 0 aliphatic heterocycles. The molecular weight excluding hydrogens is 404 g/mol. The lowest BCUT2D eigenvalue weighted by Crippen LogP contribution is -1.93. The van der Waals surface area contributed by atoms with Crippen molar-refractivity contribution in [2.75, 3.05) is 5.32 Å². The topological polar surface area (TPSA) is 30.1 Å². The van der Waals surface area contributed by atoms with Gasteiger partial charge in [-0.2, -0.15) is 0 Å². The van der Waals surface area contributed by atoms with Gasteiger partial charge >= 0.3 is 0 Å². The third kappa shape index (κ3) is 2.83. The Morgan fingerprint density at radius 3 is 2.00 bits per heavy atom. The van der Waals surface area contributed by atoms with Crippen LogP contribution in [0.5, 0.6) is 0 Å². The lowest BCUT2D eigenvalue weighted by molar-refractivity contribution is 0.669. The lowest BCUT2D eigenvalue weighted by Gasteiger charge is -2.09. The predicted octanol–water partition coefficient (Wildman–Crippen LogP) is 8.43. The molecule has 3 nitrogen and oxygen atoms in total. The van der Waals surface area contributed by atoms with Crippen LogP contribution in [0.2, 0.25) is 0 Å². The fourth-order valence-electron chi connectivity index (χ4n) is 4.88. The Bertz CT molecular complexity index is 1790. The molecule has 0 amide bonds. The van der Waals surface area contributed by atoms with E-state index in [2.05, 4.69) is 101 Å². The molecule has 2 aromatic heterocycles. The Morgan fingerprint density at radius 2 is 1.12 bits per heavy atom. The second-order valence-electron chi connectivity index (χ2n) is 8.35. The molecule has 7 aromatic rings. The van der Waals surface area contributed by atoms with Crippen molar-refractivity contribution in [3.8, 4) is 5.69 Å². The van der Waals surface area contributed by atoms with Crippen molar-refractivity contribution in [1.29, 1.82) is 0 Å². The molecule has 3 heteroatoms. The molecule has 0 radical (unpaired) electrons. The molecule has 0 atom stereocenters. The molecule has 0 aliphatic carbocycles. The number of benzene rings is 5. The number of fused-ring (bicyclic) bond motifs is 6. The highest BCUT2D eigenvalue weighted by atomic mass is 16.3. The van der Waals surface area contributed by atoms with Gasteiger partial charge in [-0.1, -0.05) is 54.6 Å². The summed E-state index contributed by atoms with van der Waals surface area (Å²) in [6.07, 6.45) is 0. The van der Waals surface area contributed by atoms with Crippen molar-refractivity contribution in [1.82, 2.24) is 4.57 Å². The van der Waals surface area contributed by atoms with Crippen LogP contribution in [0.4, 0.5) is 11.4 Å². The summed E-state index contributed by atoms with van der Waals surface area (Å²) in [7, 11) is 0. The van der Waals surface area contributed by atoms with E-state index in [9.17, 15) is 0 Å². The summed E-state index contributed by atoms with van der Waals surface area (Å²) < 4.78 is 8.31. The number of furan rings is 1. The minimum Gasteiger partial charge on any atom is -0.456 e. The van der Waals surface area contributed by atoms with E-state index in [1.165, 1.54) is 27.5 Å². The summed E-state index contributed by atoms with van der Waals surface area (Å²) in [5, 5.41) is 8.34. The number of rotatable bonds is 3. The van der Waals surface area contributed by atoms with Gasteiger partial charge in [-0.15, -0.1) is 0 Å². The zero-order valence-corrected chi connectivity index (χ0v) is 17.8. The Hall–Kier alpha value is -4.50. The van der Waals surface area contributed by atoms with Crippen LogP contribution in [0.1, 0.15) is 0 Å². The highest BCUT2D eigenvalue weighted by Crippen LogP contribution is 2.35. The lowest BCUT2D eigenvalue weighted by atomic mass is 10.1. The molecule has 2 heterocycles. The second kappa shape index (κ2) is 7.01. The molecule has 0 unspecified atom stereocenters. The van der Waals surface area contributed by atoms with Crippen LogP contribution >= 0.6 is 0 Å². The third-order valence-electron chi connectivity index (χ3n) is 6.35. The summed E-state index contributed by atoms with van der Waals surface area (Å²) in [6.45, 7) is 0. The van der Waals surface area contributed by atoms with E-state index >= 15 is 0 Å². The Kier molecular flexibility index (Phi) is 3.84. The average molecular weight is 425 g/mol. The maximum absolute atomic E-state index is 5.98. The predicted molar refractivity (Wildman–Crippen MR) is 138 cm³/mol. The standard InChI is InChI=1S/C30H20N2O/c1-2-8-22(9-3-1)32-27-12-6-4-10-23(27)25-18-20(14-16-28(25)32)31-21-15-17-30-26(19-21)24-11-5-7-13-29(24)33-30/h1-19,31H. The fourth-order valence-corrected chi connectivity index (χ4v) is 4.88. The fraction of sp³-hybridized carbons (Fsp3) is 0. The highest BCUT2D eigenvalue weighted by molar-refractivity contribution is 6.10. The maximum atomic E-state index is 5.98. The van der Waals surface area contributed by atoms with Crippen molar-refractivity contribution in [2.24, 2.45) is 0 Å². The molecule has 7 rings (SSSR count). The average Bonchev–Trinajstić information content (AvgIpc) is 3.40. The van der Waals surface area contributed by atoms with E-state index < -0.39 is 0 Å². The molecule has 0 saturated heterocycles. The summed E-state index contributed by atoms with van der Waals surface area (Å²) in [6, 6.07) is 40.2. The minimum absolute atomic E-state index is 0.906. The first-order valence-corrected chi connectivity index (χ1v) is 11.1. The van der Waals surface area contributed by atoms with E-state index in [0.29, 0.717) is 0 Å². The molecule has 0 spiro atoms. The van der Waals surface area contributed by atoms with Gasteiger partial charge in [0.1, 0.15) is 11.2 Å². The van der Waals surface area contributed by atoms with Crippen molar-refractivity contribution in [3.63, 3.8) is 0 Å². The number of anilines is 2. The zero-order valence-electron chi connectivity index (χ0n) is 17.8. The first kappa shape index (κ1) is 18.1. The van der Waals surface area contributed by atoms with E-state index in [4.69, 9.17) is 4.42 Å². The van der Waals surface area contributed by atoms with Crippen molar-refractivity contribution in [3.05, 3.63) is 115 Å². The molecule has 0 bridgehead atoms. The van der Waals surface area contributed by atoms with Gasteiger partial charge < -0.3 is 14.3 Å². The van der Waals surface area contributed by atoms with Crippen LogP contribution in [0.3, 0.4) is 0 Å². The number of hydrogen-bond donors (Lipinski definition) is 1. The second-order valence-corrected chi connectivity index (χ2v) is 8.35. The first-order valence-electron chi connectivity index (χ1n) is 11.1. The van der Waals surface area contributed by atoms with Gasteiger partial charge in [0, 0.05) is 38.6 Å². The van der Waals surface area contributed by atoms with Gasteiger partial charge in [-0.25, -0.2) is 0 Å². The van der Waals surface area contributed by atoms with Crippen LogP contribution in [0.15, 0.2) is 120 Å². The van der Waals surface area contributed by atoms with Gasteiger partial charge in [-0.3, -0.25) is 0 Å². The van der Waals surface area contributed by atoms with Gasteiger partial charge in [0.05, 0.1) is 11.0 Å². The minimum atomic E-state index is 0.906. The van der Waals surface area contributed by atoms with Gasteiger partial charge in [0.15, 0.2) is 0 Å². The van der Waals surface area contributed by atoms with Crippen LogP contribution in [0.25, 0.3) is 49.4 Å². The van der Waals surface area contributed by atoms with Crippen molar-refractivity contribution in [2.45, 2.75) is 0 Å². The largest absolute Gasteiger partial charge is 0.456 e. The molecule has 33 heavy (non-hydrogen) atoms. The number of hydrogen-bond acceptors (Lipinski definition) is 2. The van der Waals surface area contributed by atoms with Crippen LogP contribution < -0.4 is 5.32 Å². The van der Waals surface area contributed by atoms with E-state index in [1.807, 2.05) is 24.3 Å². The van der Waals surface area contributed by atoms with Crippen LogP contribution in [-0.4, -0.2) is 4.57 Å². The van der Waals surface area contributed by atoms with Crippen LogP contribution in [-0.2, 0) is 0 Å². The molecule has 0 fully saturated rings. The molecule has 1 N–H and O–H groups in total. The van der Waals surface area contributed by atoms with Crippen molar-refractivity contribution >= 4 is 55.1 Å². The smallest absolute Gasteiger partial charge is 0.135 e. The van der Waals surface area contributed by atoms with Gasteiger partial charge in [0.2, 0.25) is 0 Å². The zero-order chi connectivity index (χ0) is 21.8. The Labute approximate surface area is 190 Å². The maximum Gasteiger partial charge on any atom is 0.135 e. The van der Waals surface area contributed by atoms with Crippen molar-refractivity contribution < 1.29 is 4.42 Å². The number of nitrogens with one attached hydrogen (secondary N) is 1. The molecule has 0 aliphatic rings. The third-order valence-corrected chi connectivity index (χ3v) is 6.35. The number of nitrogens with zero attached hydrogens (tertiary/aromatic N) is 1. The SMILES string of the molecule is c1ccc(-n2c3ccccc3c3cc(Nc4ccc5oc6ccccc6c5c4)ccc32)cc1.